The van der Waals surface area contributed by atoms with E-state index < -0.39 is 14.5 Å². The Morgan fingerprint density at radius 2 is 0.625 bits per heavy atom. The Bertz CT molecular complexity index is 919. The summed E-state index contributed by atoms with van der Waals surface area (Å²) in [6.07, 6.45) is 3.94. The smallest absolute Gasteiger partial charge is 0.178 e. The molecule has 0 nitrogen and oxygen atoms in total. The zero-order chi connectivity index (χ0) is 20.3. The van der Waals surface area contributed by atoms with Crippen LogP contribution in [0.15, 0.2) is 121 Å². The molecule has 0 saturated carbocycles. The standard InChI is InChI=1S/C28H28P2.2BrH/c1-5-14-25(15-6-1)29(26-16-7-2-8-17-26)22-13-23-30(24-29,27-18-9-3-10-19-27)28-20-11-4-12-21-28;;/h1-12,14-21H,13,22-24H2;2*1H/q+2;;/p-2. The highest BCUT2D eigenvalue weighted by molar-refractivity contribution is 8.05. The van der Waals surface area contributed by atoms with Gasteiger partial charge in [-0.3, -0.25) is 0 Å². The molecule has 1 fully saturated rings. The van der Waals surface area contributed by atoms with Crippen molar-refractivity contribution >= 4 is 35.7 Å². The third-order valence-electron chi connectivity index (χ3n) is 6.56. The largest absolute Gasteiger partial charge is 1.00 e. The summed E-state index contributed by atoms with van der Waals surface area (Å²) < 4.78 is 0. The van der Waals surface area contributed by atoms with Crippen LogP contribution in [0.4, 0.5) is 0 Å². The molecule has 0 N–H and O–H groups in total. The second kappa shape index (κ2) is 11.2. The van der Waals surface area contributed by atoms with Crippen LogP contribution in [0.25, 0.3) is 0 Å². The van der Waals surface area contributed by atoms with Gasteiger partial charge < -0.3 is 34.0 Å². The molecular weight excluding hydrogens is 558 g/mol. The van der Waals surface area contributed by atoms with Gasteiger partial charge in [-0.25, -0.2) is 0 Å². The molecule has 1 heterocycles. The highest BCUT2D eigenvalue weighted by Crippen LogP contribution is 2.75. The van der Waals surface area contributed by atoms with Crippen molar-refractivity contribution in [3.05, 3.63) is 121 Å². The van der Waals surface area contributed by atoms with E-state index in [0.717, 1.165) is 0 Å². The summed E-state index contributed by atoms with van der Waals surface area (Å²) in [6.45, 7) is 0. The first-order chi connectivity index (χ1) is 14.8. The van der Waals surface area contributed by atoms with E-state index >= 15 is 0 Å². The van der Waals surface area contributed by atoms with E-state index in [2.05, 4.69) is 121 Å². The van der Waals surface area contributed by atoms with Crippen LogP contribution in [0.1, 0.15) is 6.42 Å². The molecule has 1 saturated heterocycles. The van der Waals surface area contributed by atoms with Gasteiger partial charge in [0.1, 0.15) is 35.7 Å². The van der Waals surface area contributed by atoms with Gasteiger partial charge in [0.15, 0.2) is 5.90 Å². The van der Waals surface area contributed by atoms with Crippen molar-refractivity contribution in [2.24, 2.45) is 0 Å². The monoisotopic (exact) mass is 584 g/mol. The summed E-state index contributed by atoms with van der Waals surface area (Å²) in [4.78, 5) is 0. The molecule has 32 heavy (non-hydrogen) atoms. The molecule has 0 atom stereocenters. The summed E-state index contributed by atoms with van der Waals surface area (Å²) in [6, 6.07) is 45.7. The molecule has 0 amide bonds. The maximum Gasteiger partial charge on any atom is 0.178 e. The van der Waals surface area contributed by atoms with Crippen molar-refractivity contribution in [2.75, 3.05) is 18.2 Å². The normalized spacial score (nSPS) is 16.2. The minimum Gasteiger partial charge on any atom is -1.00 e. The van der Waals surface area contributed by atoms with Crippen LogP contribution in [0.5, 0.6) is 0 Å². The lowest BCUT2D eigenvalue weighted by Crippen LogP contribution is -3.00. The van der Waals surface area contributed by atoms with Gasteiger partial charge in [-0.15, -0.1) is 0 Å². The van der Waals surface area contributed by atoms with Gasteiger partial charge >= 0.3 is 0 Å². The molecule has 4 aromatic carbocycles. The molecule has 4 heteroatoms. The zero-order valence-electron chi connectivity index (χ0n) is 18.0. The summed E-state index contributed by atoms with van der Waals surface area (Å²) in [5.41, 5.74) is 0. The topological polar surface area (TPSA) is 0 Å². The van der Waals surface area contributed by atoms with Crippen molar-refractivity contribution in [3.8, 4) is 0 Å². The molecule has 0 unspecified atom stereocenters. The van der Waals surface area contributed by atoms with Crippen LogP contribution in [0.3, 0.4) is 0 Å². The quantitative estimate of drug-likeness (QED) is 0.289. The Labute approximate surface area is 214 Å². The van der Waals surface area contributed by atoms with Gasteiger partial charge in [0, 0.05) is 6.42 Å². The summed E-state index contributed by atoms with van der Waals surface area (Å²) in [5, 5.41) is 6.30. The fourth-order valence-corrected chi connectivity index (χ4v) is 18.4. The average Bonchev–Trinajstić information content (AvgIpc) is 2.86. The summed E-state index contributed by atoms with van der Waals surface area (Å²) in [5.74, 6) is 1.31. The van der Waals surface area contributed by atoms with Crippen LogP contribution in [0.2, 0.25) is 0 Å². The van der Waals surface area contributed by atoms with Gasteiger partial charge in [0.2, 0.25) is 0 Å². The van der Waals surface area contributed by atoms with Crippen molar-refractivity contribution < 1.29 is 34.0 Å². The SMILES string of the molecule is [Br-].[Br-].c1ccc([P+]2(c3ccccc3)CCC[P+](c3ccccc3)(c3ccccc3)C2)cc1. The van der Waals surface area contributed by atoms with E-state index in [4.69, 9.17) is 0 Å². The molecule has 0 aliphatic carbocycles. The first-order valence-electron chi connectivity index (χ1n) is 10.8. The van der Waals surface area contributed by atoms with Crippen molar-refractivity contribution in [1.29, 1.82) is 0 Å². The number of hydrogen-bond donors (Lipinski definition) is 0. The second-order valence-electron chi connectivity index (χ2n) is 8.22. The molecule has 1 aliphatic rings. The molecule has 0 bridgehead atoms. The van der Waals surface area contributed by atoms with Crippen LogP contribution >= 0.6 is 14.5 Å². The highest BCUT2D eigenvalue weighted by Gasteiger charge is 2.59. The Hall–Kier alpha value is -1.30. The van der Waals surface area contributed by atoms with E-state index in [1.54, 1.807) is 21.2 Å². The first-order valence-corrected chi connectivity index (χ1v) is 15.1. The third-order valence-corrected chi connectivity index (χ3v) is 17.7. The Balaban J connectivity index is 0.00000144. The minimum absolute atomic E-state index is 0. The van der Waals surface area contributed by atoms with Gasteiger partial charge in [0.25, 0.3) is 0 Å². The van der Waals surface area contributed by atoms with Crippen LogP contribution < -0.4 is 55.2 Å². The average molecular weight is 586 g/mol. The van der Waals surface area contributed by atoms with Crippen LogP contribution in [0, 0.1) is 0 Å². The molecule has 4 aromatic rings. The fraction of sp³-hybridized carbons (Fsp3) is 0.143. The van der Waals surface area contributed by atoms with Gasteiger partial charge in [0.05, 0.1) is 12.3 Å². The zero-order valence-corrected chi connectivity index (χ0v) is 23.0. The lowest BCUT2D eigenvalue weighted by atomic mass is 10.4. The molecule has 0 radical (unpaired) electrons. The minimum atomic E-state index is -1.50. The molecular formula is C28H28Br2P2. The maximum absolute atomic E-state index is 2.40. The van der Waals surface area contributed by atoms with E-state index in [1.165, 1.54) is 24.6 Å². The van der Waals surface area contributed by atoms with E-state index in [1.807, 2.05) is 0 Å². The Kier molecular flexibility index (Phi) is 8.88. The molecule has 0 spiro atoms. The first kappa shape index (κ1) is 25.3. The summed E-state index contributed by atoms with van der Waals surface area (Å²) >= 11 is 0. The Morgan fingerprint density at radius 3 is 0.875 bits per heavy atom. The highest BCUT2D eigenvalue weighted by atomic mass is 79.9. The molecule has 5 rings (SSSR count). The van der Waals surface area contributed by atoms with Crippen molar-refractivity contribution in [2.45, 2.75) is 6.42 Å². The predicted molar refractivity (Wildman–Crippen MR) is 137 cm³/mol. The van der Waals surface area contributed by atoms with Crippen LogP contribution in [-0.2, 0) is 0 Å². The number of halogens is 2. The molecule has 1 aliphatic heterocycles. The lowest BCUT2D eigenvalue weighted by molar-refractivity contribution is -0.001000. The number of rotatable bonds is 4. The second-order valence-corrected chi connectivity index (χ2v) is 16.2. The predicted octanol–water partition coefficient (Wildman–Crippen LogP) is -0.307. The van der Waals surface area contributed by atoms with E-state index in [9.17, 15) is 0 Å². The molecule has 164 valence electrons. The van der Waals surface area contributed by atoms with Crippen molar-refractivity contribution in [1.82, 2.24) is 0 Å². The number of hydrogen-bond acceptors (Lipinski definition) is 0. The number of benzene rings is 4. The Morgan fingerprint density at radius 1 is 0.375 bits per heavy atom. The maximum atomic E-state index is 2.40. The third kappa shape index (κ3) is 4.67. The molecule has 0 aromatic heterocycles. The van der Waals surface area contributed by atoms with Gasteiger partial charge in [-0.1, -0.05) is 72.8 Å². The van der Waals surface area contributed by atoms with Gasteiger partial charge in [-0.2, -0.15) is 0 Å². The lowest BCUT2D eigenvalue weighted by Gasteiger charge is -2.38. The van der Waals surface area contributed by atoms with Crippen LogP contribution in [-0.4, -0.2) is 18.2 Å². The van der Waals surface area contributed by atoms with Gasteiger partial charge in [-0.05, 0) is 48.5 Å². The van der Waals surface area contributed by atoms with E-state index in [-0.39, 0.29) is 34.0 Å². The fourth-order valence-electron chi connectivity index (χ4n) is 5.16. The summed E-state index contributed by atoms with van der Waals surface area (Å²) in [7, 11) is -3.00. The van der Waals surface area contributed by atoms with E-state index in [0.29, 0.717) is 0 Å². The van der Waals surface area contributed by atoms with Crippen molar-refractivity contribution in [3.63, 3.8) is 0 Å².